The van der Waals surface area contributed by atoms with Crippen LogP contribution in [0.15, 0.2) is 24.4 Å². The van der Waals surface area contributed by atoms with Crippen molar-refractivity contribution in [1.82, 2.24) is 4.98 Å². The maximum Gasteiger partial charge on any atom is 2.00 e. The Bertz CT molecular complexity index is 486. The van der Waals surface area contributed by atoms with Crippen LogP contribution in [-0.2, 0) is 0 Å². The summed E-state index contributed by atoms with van der Waals surface area (Å²) in [5.74, 6) is 0.195. The molecule has 0 aliphatic heterocycles. The SMILES string of the molecule is Oc1c(I)cc(Cl)c2cccnc12.[H-].[H-].[Mg+2]. The van der Waals surface area contributed by atoms with Gasteiger partial charge in [0.2, 0.25) is 0 Å². The van der Waals surface area contributed by atoms with Crippen molar-refractivity contribution in [3.8, 4) is 5.75 Å². The zero-order valence-corrected chi connectivity index (χ0v) is 11.5. The molecule has 0 aliphatic carbocycles. The van der Waals surface area contributed by atoms with Gasteiger partial charge in [0.05, 0.1) is 8.59 Å². The number of aromatic hydroxyl groups is 1. The fourth-order valence-corrected chi connectivity index (χ4v) is 2.17. The summed E-state index contributed by atoms with van der Waals surface area (Å²) in [5, 5.41) is 11.0. The van der Waals surface area contributed by atoms with Gasteiger partial charge < -0.3 is 7.96 Å². The van der Waals surface area contributed by atoms with E-state index in [1.807, 2.05) is 28.7 Å². The Kier molecular flexibility index (Phi) is 4.24. The molecule has 1 aromatic heterocycles. The topological polar surface area (TPSA) is 33.1 Å². The third kappa shape index (κ3) is 2.07. The molecule has 0 fully saturated rings. The van der Waals surface area contributed by atoms with E-state index in [9.17, 15) is 5.11 Å². The van der Waals surface area contributed by atoms with E-state index in [1.165, 1.54) is 0 Å². The van der Waals surface area contributed by atoms with Crippen LogP contribution in [0.4, 0.5) is 0 Å². The molecule has 0 aliphatic rings. The number of benzene rings is 1. The molecule has 0 bridgehead atoms. The molecule has 0 radical (unpaired) electrons. The second-order valence-corrected chi connectivity index (χ2v) is 4.16. The quantitative estimate of drug-likeness (QED) is 0.594. The number of phenols is 1. The Balaban J connectivity index is 0. The number of hydrogen-bond donors (Lipinski definition) is 1. The summed E-state index contributed by atoms with van der Waals surface area (Å²) in [7, 11) is 0. The van der Waals surface area contributed by atoms with Gasteiger partial charge in [0.1, 0.15) is 5.52 Å². The third-order valence-electron chi connectivity index (χ3n) is 1.77. The standard InChI is InChI=1S/C9H5ClINO.Mg.2H/c10-6-4-7(11)9(13)8-5(6)2-1-3-12-8;;;/h1-4,13H;;;/q;+2;2*-1. The Labute approximate surface area is 119 Å². The molecule has 2 rings (SSSR count). The number of nitrogens with zero attached hydrogens (tertiary/aromatic N) is 1. The molecule has 1 N–H and O–H groups in total. The molecule has 0 amide bonds. The smallest absolute Gasteiger partial charge is 1.00 e. The molecule has 1 heterocycles. The molecule has 0 saturated carbocycles. The summed E-state index contributed by atoms with van der Waals surface area (Å²) in [6, 6.07) is 5.35. The molecule has 0 atom stereocenters. The van der Waals surface area contributed by atoms with Crippen LogP contribution in [0.25, 0.3) is 10.9 Å². The summed E-state index contributed by atoms with van der Waals surface area (Å²) in [6.45, 7) is 0. The number of fused-ring (bicyclic) bond motifs is 1. The first kappa shape index (κ1) is 12.3. The number of rotatable bonds is 0. The van der Waals surface area contributed by atoms with Gasteiger partial charge in [0, 0.05) is 11.6 Å². The average molecular weight is 332 g/mol. The fraction of sp³-hybridized carbons (Fsp3) is 0. The van der Waals surface area contributed by atoms with E-state index in [2.05, 4.69) is 4.98 Å². The van der Waals surface area contributed by atoms with Gasteiger partial charge in [0.25, 0.3) is 0 Å². The molecule has 1 aromatic carbocycles. The van der Waals surface area contributed by atoms with E-state index in [4.69, 9.17) is 11.6 Å². The summed E-state index contributed by atoms with van der Waals surface area (Å²) in [6.07, 6.45) is 1.63. The summed E-state index contributed by atoms with van der Waals surface area (Å²) in [5.41, 5.74) is 0.555. The number of pyridine rings is 1. The zero-order chi connectivity index (χ0) is 9.42. The summed E-state index contributed by atoms with van der Waals surface area (Å²) in [4.78, 5) is 4.06. The van der Waals surface area contributed by atoms with Gasteiger partial charge in [-0.2, -0.15) is 0 Å². The van der Waals surface area contributed by atoms with Crippen molar-refractivity contribution in [2.75, 3.05) is 0 Å². The van der Waals surface area contributed by atoms with Crippen LogP contribution < -0.4 is 0 Å². The van der Waals surface area contributed by atoms with Gasteiger partial charge in [-0.25, -0.2) is 0 Å². The molecule has 0 spiro atoms. The van der Waals surface area contributed by atoms with Crippen LogP contribution >= 0.6 is 34.2 Å². The van der Waals surface area contributed by atoms with Crippen LogP contribution in [0.1, 0.15) is 2.85 Å². The molecular formula is C9H7ClIMgNO. The first-order chi connectivity index (χ1) is 6.20. The first-order valence-corrected chi connectivity index (χ1v) is 5.07. The first-order valence-electron chi connectivity index (χ1n) is 3.62. The van der Waals surface area contributed by atoms with Crippen molar-refractivity contribution in [1.29, 1.82) is 0 Å². The summed E-state index contributed by atoms with van der Waals surface area (Å²) >= 11 is 8.00. The van der Waals surface area contributed by atoms with Crippen LogP contribution in [0, 0.1) is 3.57 Å². The van der Waals surface area contributed by atoms with Crippen LogP contribution in [0.2, 0.25) is 5.02 Å². The van der Waals surface area contributed by atoms with Gasteiger partial charge in [0.15, 0.2) is 5.75 Å². The van der Waals surface area contributed by atoms with Crippen molar-refractivity contribution in [2.24, 2.45) is 0 Å². The maximum atomic E-state index is 9.65. The minimum Gasteiger partial charge on any atom is -1.00 e. The van der Waals surface area contributed by atoms with E-state index in [1.54, 1.807) is 18.3 Å². The predicted molar refractivity (Wildman–Crippen MR) is 69.1 cm³/mol. The third-order valence-corrected chi connectivity index (χ3v) is 2.90. The Morgan fingerprint density at radius 2 is 2.21 bits per heavy atom. The Morgan fingerprint density at radius 3 is 2.93 bits per heavy atom. The van der Waals surface area contributed by atoms with Gasteiger partial charge >= 0.3 is 23.1 Å². The molecule has 14 heavy (non-hydrogen) atoms. The molecular weight excluding hydrogens is 325 g/mol. The molecule has 70 valence electrons. The molecule has 0 unspecified atom stereocenters. The second-order valence-electron chi connectivity index (χ2n) is 2.59. The largest absolute Gasteiger partial charge is 2.00 e. The molecule has 2 nitrogen and oxygen atoms in total. The maximum absolute atomic E-state index is 9.65. The normalized spacial score (nSPS) is 9.86. The number of halogens is 2. The molecule has 2 aromatic rings. The number of phenolic OH excluding ortho intramolecular Hbond substituents is 1. The van der Waals surface area contributed by atoms with Crippen molar-refractivity contribution in [3.05, 3.63) is 33.0 Å². The minimum absolute atomic E-state index is 0. The monoisotopic (exact) mass is 331 g/mol. The van der Waals surface area contributed by atoms with Crippen molar-refractivity contribution < 1.29 is 7.96 Å². The molecule has 0 saturated heterocycles. The van der Waals surface area contributed by atoms with Crippen LogP contribution in [-0.4, -0.2) is 33.1 Å². The van der Waals surface area contributed by atoms with Crippen LogP contribution in [0.5, 0.6) is 5.75 Å². The predicted octanol–water partition coefficient (Wildman–Crippen LogP) is 3.04. The van der Waals surface area contributed by atoms with Gasteiger partial charge in [-0.3, -0.25) is 4.98 Å². The molecule has 5 heteroatoms. The van der Waals surface area contributed by atoms with Crippen molar-refractivity contribution >= 4 is 68.1 Å². The minimum atomic E-state index is 0. The van der Waals surface area contributed by atoms with Crippen molar-refractivity contribution in [3.63, 3.8) is 0 Å². The fourth-order valence-electron chi connectivity index (χ4n) is 1.16. The second kappa shape index (κ2) is 4.83. The summed E-state index contributed by atoms with van der Waals surface area (Å²) < 4.78 is 0.716. The number of hydrogen-bond acceptors (Lipinski definition) is 2. The van der Waals surface area contributed by atoms with E-state index in [0.29, 0.717) is 14.1 Å². The van der Waals surface area contributed by atoms with Gasteiger partial charge in [-0.1, -0.05) is 11.6 Å². The average Bonchev–Trinajstić information content (AvgIpc) is 2.15. The number of aromatic nitrogens is 1. The van der Waals surface area contributed by atoms with E-state index in [-0.39, 0.29) is 31.7 Å². The zero-order valence-electron chi connectivity index (χ0n) is 9.17. The van der Waals surface area contributed by atoms with Crippen LogP contribution in [0.3, 0.4) is 0 Å². The van der Waals surface area contributed by atoms with Gasteiger partial charge in [-0.15, -0.1) is 0 Å². The van der Waals surface area contributed by atoms with E-state index >= 15 is 0 Å². The Morgan fingerprint density at radius 1 is 1.50 bits per heavy atom. The Hall–Kier alpha value is 0.216. The van der Waals surface area contributed by atoms with Crippen molar-refractivity contribution in [2.45, 2.75) is 0 Å². The van der Waals surface area contributed by atoms with E-state index < -0.39 is 0 Å². The van der Waals surface area contributed by atoms with Gasteiger partial charge in [-0.05, 0) is 40.8 Å². The van der Waals surface area contributed by atoms with E-state index in [0.717, 1.165) is 5.39 Å².